The van der Waals surface area contributed by atoms with Crippen molar-refractivity contribution >= 4 is 5.91 Å². The number of carbonyl (C=O) groups excluding carboxylic acids is 1. The average molecular weight is 274 g/mol. The largest absolute Gasteiger partial charge is 0.490 e. The van der Waals surface area contributed by atoms with Gasteiger partial charge in [0.1, 0.15) is 12.4 Å². The quantitative estimate of drug-likeness (QED) is 0.808. The van der Waals surface area contributed by atoms with Gasteiger partial charge in [-0.3, -0.25) is 4.79 Å². The molecule has 0 spiro atoms. The highest BCUT2D eigenvalue weighted by atomic mass is 16.5. The lowest BCUT2D eigenvalue weighted by Crippen LogP contribution is -2.58. The van der Waals surface area contributed by atoms with Crippen LogP contribution >= 0.6 is 0 Å². The summed E-state index contributed by atoms with van der Waals surface area (Å²) in [5.41, 5.74) is 6.50. The molecule has 0 radical (unpaired) electrons. The van der Waals surface area contributed by atoms with Gasteiger partial charge in [0.05, 0.1) is 5.54 Å². The molecule has 1 aromatic carbocycles. The van der Waals surface area contributed by atoms with E-state index in [2.05, 4.69) is 6.58 Å². The van der Waals surface area contributed by atoms with Crippen LogP contribution in [0, 0.1) is 0 Å². The van der Waals surface area contributed by atoms with Crippen LogP contribution in [0.2, 0.25) is 0 Å². The summed E-state index contributed by atoms with van der Waals surface area (Å²) < 4.78 is 5.42. The molecule has 1 aliphatic carbocycles. The number of hydrogen-bond donors (Lipinski definition) is 1. The van der Waals surface area contributed by atoms with E-state index in [1.54, 1.807) is 18.0 Å². The molecule has 1 amide bonds. The first kappa shape index (κ1) is 14.6. The molecule has 108 valence electrons. The summed E-state index contributed by atoms with van der Waals surface area (Å²) in [4.78, 5) is 13.9. The van der Waals surface area contributed by atoms with Crippen molar-refractivity contribution in [2.45, 2.75) is 31.3 Å². The number of amides is 1. The third kappa shape index (κ3) is 3.20. The lowest BCUT2D eigenvalue weighted by atomic mass is 9.76. The number of hydrogen-bond acceptors (Lipinski definition) is 3. The van der Waals surface area contributed by atoms with Crippen molar-refractivity contribution in [2.75, 3.05) is 13.7 Å². The van der Waals surface area contributed by atoms with Gasteiger partial charge in [-0.2, -0.15) is 0 Å². The second kappa shape index (κ2) is 6.09. The summed E-state index contributed by atoms with van der Waals surface area (Å²) >= 11 is 0. The van der Waals surface area contributed by atoms with Crippen molar-refractivity contribution in [2.24, 2.45) is 5.73 Å². The molecule has 0 saturated heterocycles. The SMILES string of the molecule is C=CCOc1ccc(CN(C)C(=O)C2(N)CCC2)cc1. The Hall–Kier alpha value is -1.81. The van der Waals surface area contributed by atoms with Gasteiger partial charge in [0.25, 0.3) is 0 Å². The topological polar surface area (TPSA) is 55.6 Å². The van der Waals surface area contributed by atoms with Crippen molar-refractivity contribution < 1.29 is 9.53 Å². The van der Waals surface area contributed by atoms with Gasteiger partial charge < -0.3 is 15.4 Å². The maximum atomic E-state index is 12.2. The molecule has 0 aromatic heterocycles. The summed E-state index contributed by atoms with van der Waals surface area (Å²) in [6.07, 6.45) is 4.35. The molecule has 2 N–H and O–H groups in total. The number of rotatable bonds is 6. The van der Waals surface area contributed by atoms with Crippen LogP contribution in [-0.2, 0) is 11.3 Å². The Morgan fingerprint density at radius 1 is 1.45 bits per heavy atom. The molecule has 0 bridgehead atoms. The van der Waals surface area contributed by atoms with Gasteiger partial charge in [-0.05, 0) is 37.0 Å². The number of likely N-dealkylation sites (N-methyl/N-ethyl adjacent to an activating group) is 1. The van der Waals surface area contributed by atoms with Gasteiger partial charge >= 0.3 is 0 Å². The molecule has 1 aromatic rings. The summed E-state index contributed by atoms with van der Waals surface area (Å²) in [5, 5.41) is 0. The maximum absolute atomic E-state index is 12.2. The molecule has 1 aliphatic rings. The number of nitrogens with zero attached hydrogens (tertiary/aromatic N) is 1. The summed E-state index contributed by atoms with van der Waals surface area (Å²) in [5.74, 6) is 0.840. The van der Waals surface area contributed by atoms with E-state index in [9.17, 15) is 4.79 Å². The molecule has 0 unspecified atom stereocenters. The van der Waals surface area contributed by atoms with E-state index in [4.69, 9.17) is 10.5 Å². The zero-order chi connectivity index (χ0) is 14.6. The summed E-state index contributed by atoms with van der Waals surface area (Å²) in [6, 6.07) is 7.73. The third-order valence-electron chi connectivity index (χ3n) is 3.73. The molecule has 1 fully saturated rings. The number of ether oxygens (including phenoxy) is 1. The van der Waals surface area contributed by atoms with E-state index in [1.807, 2.05) is 24.3 Å². The maximum Gasteiger partial charge on any atom is 0.242 e. The fourth-order valence-corrected chi connectivity index (χ4v) is 2.34. The molecule has 0 atom stereocenters. The standard InChI is InChI=1S/C16H22N2O2/c1-3-11-20-14-7-5-13(6-8-14)12-18(2)15(19)16(17)9-4-10-16/h3,5-8H,1,4,9-12,17H2,2H3. The molecular formula is C16H22N2O2. The number of nitrogens with two attached hydrogens (primary N) is 1. The first-order chi connectivity index (χ1) is 9.55. The smallest absolute Gasteiger partial charge is 0.242 e. The Labute approximate surface area is 120 Å². The Morgan fingerprint density at radius 2 is 2.10 bits per heavy atom. The van der Waals surface area contributed by atoms with E-state index in [1.165, 1.54) is 0 Å². The molecule has 4 nitrogen and oxygen atoms in total. The Balaban J connectivity index is 1.92. The Bertz CT molecular complexity index is 478. The highest BCUT2D eigenvalue weighted by Gasteiger charge is 2.41. The van der Waals surface area contributed by atoms with Crippen molar-refractivity contribution in [3.8, 4) is 5.75 Å². The minimum Gasteiger partial charge on any atom is -0.490 e. The monoisotopic (exact) mass is 274 g/mol. The lowest BCUT2D eigenvalue weighted by molar-refractivity contribution is -0.139. The van der Waals surface area contributed by atoms with Gasteiger partial charge in [0, 0.05) is 13.6 Å². The van der Waals surface area contributed by atoms with Crippen LogP contribution in [0.25, 0.3) is 0 Å². The minimum absolute atomic E-state index is 0.0377. The fourth-order valence-electron chi connectivity index (χ4n) is 2.34. The van der Waals surface area contributed by atoms with Crippen molar-refractivity contribution in [1.82, 2.24) is 4.90 Å². The molecular weight excluding hydrogens is 252 g/mol. The second-order valence-corrected chi connectivity index (χ2v) is 5.41. The normalized spacial score (nSPS) is 16.1. The van der Waals surface area contributed by atoms with Crippen molar-refractivity contribution in [3.05, 3.63) is 42.5 Å². The second-order valence-electron chi connectivity index (χ2n) is 5.41. The summed E-state index contributed by atoms with van der Waals surface area (Å²) in [7, 11) is 1.80. The van der Waals surface area contributed by atoms with Crippen LogP contribution in [0.4, 0.5) is 0 Å². The van der Waals surface area contributed by atoms with Gasteiger partial charge in [-0.15, -0.1) is 0 Å². The van der Waals surface area contributed by atoms with Crippen LogP contribution in [0.15, 0.2) is 36.9 Å². The van der Waals surface area contributed by atoms with Crippen LogP contribution in [0.1, 0.15) is 24.8 Å². The van der Waals surface area contributed by atoms with Crippen LogP contribution < -0.4 is 10.5 Å². The third-order valence-corrected chi connectivity index (χ3v) is 3.73. The van der Waals surface area contributed by atoms with E-state index < -0.39 is 5.54 Å². The lowest BCUT2D eigenvalue weighted by Gasteiger charge is -2.39. The number of benzene rings is 1. The highest BCUT2D eigenvalue weighted by molar-refractivity contribution is 5.86. The molecule has 0 heterocycles. The fraction of sp³-hybridized carbons (Fsp3) is 0.438. The predicted octanol–water partition coefficient (Wildman–Crippen LogP) is 2.09. The van der Waals surface area contributed by atoms with E-state index in [0.717, 1.165) is 30.6 Å². The highest BCUT2D eigenvalue weighted by Crippen LogP contribution is 2.31. The van der Waals surface area contributed by atoms with Crippen LogP contribution in [0.5, 0.6) is 5.75 Å². The molecule has 1 saturated carbocycles. The molecule has 20 heavy (non-hydrogen) atoms. The Morgan fingerprint density at radius 3 is 2.60 bits per heavy atom. The van der Waals surface area contributed by atoms with Gasteiger partial charge in [-0.1, -0.05) is 24.8 Å². The zero-order valence-electron chi connectivity index (χ0n) is 12.0. The summed E-state index contributed by atoms with van der Waals surface area (Å²) in [6.45, 7) is 4.67. The molecule has 0 aliphatic heterocycles. The van der Waals surface area contributed by atoms with E-state index in [-0.39, 0.29) is 5.91 Å². The van der Waals surface area contributed by atoms with E-state index >= 15 is 0 Å². The molecule has 4 heteroatoms. The Kier molecular flexibility index (Phi) is 4.45. The predicted molar refractivity (Wildman–Crippen MR) is 79.4 cm³/mol. The van der Waals surface area contributed by atoms with Gasteiger partial charge in [0.2, 0.25) is 5.91 Å². The average Bonchev–Trinajstić information content (AvgIpc) is 2.43. The first-order valence-corrected chi connectivity index (χ1v) is 6.92. The van der Waals surface area contributed by atoms with Crippen LogP contribution in [0.3, 0.4) is 0 Å². The van der Waals surface area contributed by atoms with Gasteiger partial charge in [0.15, 0.2) is 0 Å². The van der Waals surface area contributed by atoms with Crippen molar-refractivity contribution in [3.63, 3.8) is 0 Å². The van der Waals surface area contributed by atoms with Crippen LogP contribution in [-0.4, -0.2) is 30.0 Å². The first-order valence-electron chi connectivity index (χ1n) is 6.92. The minimum atomic E-state index is -0.623. The number of carbonyl (C=O) groups is 1. The zero-order valence-corrected chi connectivity index (χ0v) is 12.0. The van der Waals surface area contributed by atoms with E-state index in [0.29, 0.717) is 13.2 Å². The van der Waals surface area contributed by atoms with Gasteiger partial charge in [-0.25, -0.2) is 0 Å². The molecule has 2 rings (SSSR count). The van der Waals surface area contributed by atoms with Crippen molar-refractivity contribution in [1.29, 1.82) is 0 Å².